The summed E-state index contributed by atoms with van der Waals surface area (Å²) in [5.74, 6) is 0.179. The smallest absolute Gasteiger partial charge is 0.304 e. The van der Waals surface area contributed by atoms with Crippen molar-refractivity contribution in [3.63, 3.8) is 0 Å². The van der Waals surface area contributed by atoms with E-state index in [1.807, 2.05) is 51.2 Å². The first-order valence-corrected chi connectivity index (χ1v) is 11.9. The summed E-state index contributed by atoms with van der Waals surface area (Å²) in [6.07, 6.45) is 11.8. The molecule has 0 radical (unpaired) electrons. The first kappa shape index (κ1) is 29.8. The highest BCUT2D eigenvalue weighted by atomic mass is 19.4. The van der Waals surface area contributed by atoms with Crippen LogP contribution in [-0.4, -0.2) is 22.9 Å². The van der Waals surface area contributed by atoms with Gasteiger partial charge in [-0.05, 0) is 56.7 Å². The molecule has 1 aromatic rings. The van der Waals surface area contributed by atoms with E-state index < -0.39 is 17.8 Å². The van der Waals surface area contributed by atoms with Gasteiger partial charge in [0.05, 0.1) is 24.1 Å². The summed E-state index contributed by atoms with van der Waals surface area (Å²) >= 11 is 0. The number of allylic oxidation sites excluding steroid dienone is 7. The maximum Gasteiger partial charge on any atom is 0.416 e. The molecule has 1 heterocycles. The van der Waals surface area contributed by atoms with Gasteiger partial charge in [0.15, 0.2) is 0 Å². The van der Waals surface area contributed by atoms with Crippen LogP contribution in [0.15, 0.2) is 72.6 Å². The van der Waals surface area contributed by atoms with Crippen LogP contribution in [0.2, 0.25) is 0 Å². The number of nitrogens with zero attached hydrogens (tertiary/aromatic N) is 3. The number of nitriles is 1. The molecule has 4 nitrogen and oxygen atoms in total. The van der Waals surface area contributed by atoms with Gasteiger partial charge >= 0.3 is 12.2 Å². The molecule has 0 N–H and O–H groups in total. The van der Waals surface area contributed by atoms with Crippen molar-refractivity contribution in [2.45, 2.75) is 65.6 Å². The van der Waals surface area contributed by atoms with Gasteiger partial charge in [-0.2, -0.15) is 18.4 Å². The Labute approximate surface area is 207 Å². The Kier molecular flexibility index (Phi) is 12.6. The van der Waals surface area contributed by atoms with Crippen molar-refractivity contribution in [3.8, 4) is 6.07 Å². The van der Waals surface area contributed by atoms with E-state index in [9.17, 15) is 18.0 Å². The van der Waals surface area contributed by atoms with Crippen molar-refractivity contribution in [1.29, 1.82) is 5.26 Å². The Morgan fingerprint density at radius 2 is 1.89 bits per heavy atom. The summed E-state index contributed by atoms with van der Waals surface area (Å²) in [6.45, 7) is 7.55. The third kappa shape index (κ3) is 9.48. The van der Waals surface area contributed by atoms with Crippen LogP contribution in [0.1, 0.15) is 70.5 Å². The number of rotatable bonds is 7. The van der Waals surface area contributed by atoms with Crippen molar-refractivity contribution >= 4 is 6.03 Å². The maximum atomic E-state index is 13.2. The molecule has 0 saturated carbocycles. The van der Waals surface area contributed by atoms with Crippen LogP contribution < -0.4 is 0 Å². The Bertz CT molecular complexity index is 970. The highest BCUT2D eigenvalue weighted by Crippen LogP contribution is 2.33. The molecule has 2 amide bonds. The SMILES string of the molecule is C/C1=C\CC(C/C=C\C/C=C\CC#N)/C=C/N(C)C(=O)N1C(C)c1cccc(C(F)(F)F)c1.CC. The average molecular weight is 488 g/mol. The first-order chi connectivity index (χ1) is 16.6. The molecule has 1 aliphatic rings. The second kappa shape index (κ2) is 14.9. The summed E-state index contributed by atoms with van der Waals surface area (Å²) in [5.41, 5.74) is 0.396. The van der Waals surface area contributed by atoms with Crippen LogP contribution in [0.4, 0.5) is 18.0 Å². The number of halogens is 3. The summed E-state index contributed by atoms with van der Waals surface area (Å²) in [6, 6.07) is 6.31. The van der Waals surface area contributed by atoms with E-state index in [1.54, 1.807) is 26.2 Å². The molecule has 35 heavy (non-hydrogen) atoms. The van der Waals surface area contributed by atoms with E-state index in [2.05, 4.69) is 12.1 Å². The number of carbonyl (C=O) groups is 1. The van der Waals surface area contributed by atoms with Gasteiger partial charge in [0.1, 0.15) is 0 Å². The monoisotopic (exact) mass is 487 g/mol. The lowest BCUT2D eigenvalue weighted by Crippen LogP contribution is -2.39. The molecule has 7 heteroatoms. The largest absolute Gasteiger partial charge is 0.416 e. The summed E-state index contributed by atoms with van der Waals surface area (Å²) in [5, 5.41) is 8.53. The Morgan fingerprint density at radius 3 is 2.54 bits per heavy atom. The second-order valence-corrected chi connectivity index (χ2v) is 8.02. The van der Waals surface area contributed by atoms with Crippen molar-refractivity contribution in [2.24, 2.45) is 5.92 Å². The van der Waals surface area contributed by atoms with Crippen LogP contribution in [0.3, 0.4) is 0 Å². The first-order valence-electron chi connectivity index (χ1n) is 11.9. The van der Waals surface area contributed by atoms with E-state index in [-0.39, 0.29) is 11.9 Å². The molecule has 0 saturated heterocycles. The van der Waals surface area contributed by atoms with Gasteiger partial charge in [-0.25, -0.2) is 4.79 Å². The lowest BCUT2D eigenvalue weighted by molar-refractivity contribution is -0.137. The third-order valence-electron chi connectivity index (χ3n) is 5.52. The average Bonchev–Trinajstić information content (AvgIpc) is 2.89. The standard InChI is InChI=1S/C26H30F3N3O.C2H6/c1-20-14-15-22(11-8-6-4-5-7-9-17-30)16-18-31(3)25(33)32(20)21(2)23-12-10-13-24(19-23)26(27,28)29;1-2/h5-8,10,12-14,16,18-19,21-22H,4,9,11,15H2,1-3H3;1-2H3/b7-5-,8-6-,18-16+,20-14+;. The molecule has 2 unspecified atom stereocenters. The molecule has 0 aromatic heterocycles. The van der Waals surface area contributed by atoms with E-state index in [4.69, 9.17) is 5.26 Å². The second-order valence-electron chi connectivity index (χ2n) is 8.02. The minimum absolute atomic E-state index is 0.179. The minimum atomic E-state index is -4.44. The topological polar surface area (TPSA) is 47.3 Å². The number of carbonyl (C=O) groups excluding carboxylic acids is 1. The highest BCUT2D eigenvalue weighted by molar-refractivity contribution is 5.77. The molecule has 0 spiro atoms. The van der Waals surface area contributed by atoms with Gasteiger partial charge in [0.2, 0.25) is 0 Å². The van der Waals surface area contributed by atoms with Gasteiger partial charge in [0, 0.05) is 18.9 Å². The van der Waals surface area contributed by atoms with Crippen molar-refractivity contribution < 1.29 is 18.0 Å². The predicted molar refractivity (Wildman–Crippen MR) is 135 cm³/mol. The Balaban J connectivity index is 0.00000298. The van der Waals surface area contributed by atoms with E-state index in [0.717, 1.165) is 25.0 Å². The van der Waals surface area contributed by atoms with Crippen LogP contribution >= 0.6 is 0 Å². The molecule has 1 aliphatic heterocycles. The molecular formula is C28H36F3N3O. The van der Waals surface area contributed by atoms with Crippen LogP contribution in [-0.2, 0) is 6.18 Å². The fourth-order valence-corrected chi connectivity index (χ4v) is 3.58. The zero-order valence-corrected chi connectivity index (χ0v) is 21.2. The zero-order valence-electron chi connectivity index (χ0n) is 21.2. The molecule has 0 bridgehead atoms. The number of hydrogen-bond donors (Lipinski definition) is 0. The van der Waals surface area contributed by atoms with Gasteiger partial charge in [0.25, 0.3) is 0 Å². The minimum Gasteiger partial charge on any atom is -0.304 e. The van der Waals surface area contributed by atoms with Gasteiger partial charge in [-0.1, -0.05) is 62.4 Å². The van der Waals surface area contributed by atoms with Crippen molar-refractivity contribution in [1.82, 2.24) is 9.80 Å². The number of amides is 2. The summed E-state index contributed by atoms with van der Waals surface area (Å²) in [4.78, 5) is 16.1. The van der Waals surface area contributed by atoms with E-state index in [1.165, 1.54) is 15.9 Å². The predicted octanol–water partition coefficient (Wildman–Crippen LogP) is 8.39. The van der Waals surface area contributed by atoms with Gasteiger partial charge in [-0.15, -0.1) is 0 Å². The lowest BCUT2D eigenvalue weighted by Gasteiger charge is -2.33. The fourth-order valence-electron chi connectivity index (χ4n) is 3.58. The molecule has 190 valence electrons. The summed E-state index contributed by atoms with van der Waals surface area (Å²) < 4.78 is 39.5. The van der Waals surface area contributed by atoms with Crippen LogP contribution in [0.25, 0.3) is 0 Å². The lowest BCUT2D eigenvalue weighted by atomic mass is 9.99. The molecule has 0 fully saturated rings. The van der Waals surface area contributed by atoms with Gasteiger partial charge in [-0.3, -0.25) is 4.90 Å². The highest BCUT2D eigenvalue weighted by Gasteiger charge is 2.32. The van der Waals surface area contributed by atoms with E-state index >= 15 is 0 Å². The number of alkyl halides is 3. The maximum absolute atomic E-state index is 13.2. The third-order valence-corrected chi connectivity index (χ3v) is 5.52. The quantitative estimate of drug-likeness (QED) is 0.363. The molecule has 0 aliphatic carbocycles. The molecule has 2 atom stereocenters. The number of benzene rings is 1. The number of hydrogen-bond acceptors (Lipinski definition) is 2. The zero-order chi connectivity index (χ0) is 26.4. The number of urea groups is 1. The Morgan fingerprint density at radius 1 is 1.20 bits per heavy atom. The van der Waals surface area contributed by atoms with Crippen LogP contribution in [0.5, 0.6) is 0 Å². The van der Waals surface area contributed by atoms with Crippen molar-refractivity contribution in [3.05, 3.63) is 83.7 Å². The van der Waals surface area contributed by atoms with Gasteiger partial charge < -0.3 is 4.90 Å². The van der Waals surface area contributed by atoms with Crippen molar-refractivity contribution in [2.75, 3.05) is 7.05 Å². The Hall–Kier alpha value is -3.27. The van der Waals surface area contributed by atoms with E-state index in [0.29, 0.717) is 24.1 Å². The normalized spacial score (nSPS) is 20.3. The summed E-state index contributed by atoms with van der Waals surface area (Å²) in [7, 11) is 1.65. The molecule has 1 aromatic carbocycles. The van der Waals surface area contributed by atoms with Crippen LogP contribution in [0, 0.1) is 17.2 Å². The fraction of sp³-hybridized carbons (Fsp3) is 0.429. The molecule has 2 rings (SSSR count). The molecular weight excluding hydrogens is 451 g/mol.